The number of para-hydroxylation sites is 1. The fourth-order valence-corrected chi connectivity index (χ4v) is 3.48. The Balaban J connectivity index is 1.75. The molecule has 0 aromatic heterocycles. The lowest BCUT2D eigenvalue weighted by Crippen LogP contribution is -2.58. The normalized spacial score (nSPS) is 19.8. The zero-order valence-corrected chi connectivity index (χ0v) is 14.6. The molecular formula is C21H20F2N4. The van der Waals surface area contributed by atoms with Gasteiger partial charge < -0.3 is 10.6 Å². The molecule has 4 nitrogen and oxygen atoms in total. The van der Waals surface area contributed by atoms with E-state index in [4.69, 9.17) is 11.5 Å². The fourth-order valence-electron chi connectivity index (χ4n) is 3.48. The second kappa shape index (κ2) is 7.08. The van der Waals surface area contributed by atoms with E-state index in [1.54, 1.807) is 24.3 Å². The lowest BCUT2D eigenvalue weighted by atomic mass is 10.0. The molecule has 4 N–H and O–H groups in total. The summed E-state index contributed by atoms with van der Waals surface area (Å²) < 4.78 is 26.6. The van der Waals surface area contributed by atoms with Crippen molar-refractivity contribution in [2.45, 2.75) is 19.0 Å². The Bertz CT molecular complexity index is 928. The van der Waals surface area contributed by atoms with E-state index in [1.165, 1.54) is 24.3 Å². The van der Waals surface area contributed by atoms with Gasteiger partial charge in [0.15, 0.2) is 0 Å². The molecule has 0 spiro atoms. The first-order valence-corrected chi connectivity index (χ1v) is 8.69. The minimum Gasteiger partial charge on any atom is -0.312 e. The van der Waals surface area contributed by atoms with E-state index < -0.39 is 12.5 Å². The van der Waals surface area contributed by atoms with E-state index in [0.29, 0.717) is 6.54 Å². The van der Waals surface area contributed by atoms with E-state index >= 15 is 0 Å². The molecule has 2 atom stereocenters. The molecule has 1 aliphatic heterocycles. The minimum absolute atomic E-state index is 0.288. The zero-order chi connectivity index (χ0) is 19.0. The number of fused-ring (bicyclic) bond motifs is 1. The second-order valence-electron chi connectivity index (χ2n) is 6.56. The molecule has 4 rings (SSSR count). The van der Waals surface area contributed by atoms with Gasteiger partial charge in [0.05, 0.1) is 6.17 Å². The maximum atomic E-state index is 13.4. The smallest absolute Gasteiger partial charge is 0.141 e. The minimum atomic E-state index is -0.564. The summed E-state index contributed by atoms with van der Waals surface area (Å²) >= 11 is 0. The topological polar surface area (TPSA) is 58.5 Å². The van der Waals surface area contributed by atoms with Gasteiger partial charge in [0.1, 0.15) is 17.9 Å². The predicted octanol–water partition coefficient (Wildman–Crippen LogP) is 3.82. The number of hydrogen-bond donors (Lipinski definition) is 2. The van der Waals surface area contributed by atoms with E-state index in [1.807, 2.05) is 34.1 Å². The van der Waals surface area contributed by atoms with Gasteiger partial charge in [-0.3, -0.25) is 5.73 Å². The third-order valence-corrected chi connectivity index (χ3v) is 4.86. The van der Waals surface area contributed by atoms with Crippen LogP contribution in [-0.2, 0) is 6.54 Å². The van der Waals surface area contributed by atoms with Gasteiger partial charge in [0.25, 0.3) is 0 Å². The lowest BCUT2D eigenvalue weighted by Gasteiger charge is -2.47. The quantitative estimate of drug-likeness (QED) is 0.740. The number of nitrogens with two attached hydrogens (primary N) is 2. The summed E-state index contributed by atoms with van der Waals surface area (Å²) in [6, 6.07) is 20.2. The van der Waals surface area contributed by atoms with Crippen molar-refractivity contribution in [2.24, 2.45) is 11.5 Å². The molecule has 0 amide bonds. The molecule has 1 heterocycles. The van der Waals surface area contributed by atoms with Crippen molar-refractivity contribution in [3.63, 3.8) is 0 Å². The molecule has 138 valence electrons. The summed E-state index contributed by atoms with van der Waals surface area (Å²) in [6.45, 7) is 0.453. The molecule has 2 unspecified atom stereocenters. The molecular weight excluding hydrogens is 346 g/mol. The highest BCUT2D eigenvalue weighted by Gasteiger charge is 2.35. The molecule has 27 heavy (non-hydrogen) atoms. The number of halogens is 2. The number of benzene rings is 3. The SMILES string of the molecule is NC1c2ccccc2N(c2ccc(F)cc2)C(N)N1Cc1ccc(F)cc1. The van der Waals surface area contributed by atoms with Gasteiger partial charge in [-0.05, 0) is 48.0 Å². The van der Waals surface area contributed by atoms with Gasteiger partial charge in [0, 0.05) is 23.5 Å². The van der Waals surface area contributed by atoms with Crippen LogP contribution in [0, 0.1) is 11.6 Å². The standard InChI is InChI=1S/C21H20F2N4/c22-15-7-5-14(6-8-15)13-26-20(24)18-3-1-2-4-19(18)27(21(26)25)17-11-9-16(23)10-12-17/h1-12,20-21H,13,24-25H2. The maximum Gasteiger partial charge on any atom is 0.141 e. The Morgan fingerprint density at radius 2 is 1.37 bits per heavy atom. The molecule has 0 saturated carbocycles. The first kappa shape index (κ1) is 17.6. The number of hydrogen-bond acceptors (Lipinski definition) is 4. The first-order valence-electron chi connectivity index (χ1n) is 8.69. The molecule has 1 aliphatic rings. The Kier molecular flexibility index (Phi) is 4.61. The fraction of sp³-hybridized carbons (Fsp3) is 0.143. The van der Waals surface area contributed by atoms with E-state index in [0.717, 1.165) is 22.5 Å². The summed E-state index contributed by atoms with van der Waals surface area (Å²) in [5.41, 5.74) is 16.6. The van der Waals surface area contributed by atoms with E-state index in [2.05, 4.69) is 0 Å². The Hall–Kier alpha value is -2.80. The largest absolute Gasteiger partial charge is 0.312 e. The Morgan fingerprint density at radius 3 is 2.04 bits per heavy atom. The van der Waals surface area contributed by atoms with E-state index in [-0.39, 0.29) is 11.6 Å². The number of nitrogens with zero attached hydrogens (tertiary/aromatic N) is 2. The number of anilines is 2. The third kappa shape index (κ3) is 3.30. The molecule has 0 fully saturated rings. The third-order valence-electron chi connectivity index (χ3n) is 4.86. The Morgan fingerprint density at radius 1 is 0.778 bits per heavy atom. The molecule has 6 heteroatoms. The summed E-state index contributed by atoms with van der Waals surface area (Å²) in [7, 11) is 0. The lowest BCUT2D eigenvalue weighted by molar-refractivity contribution is 0.121. The van der Waals surface area contributed by atoms with Gasteiger partial charge in [-0.15, -0.1) is 0 Å². The summed E-state index contributed by atoms with van der Waals surface area (Å²) in [4.78, 5) is 3.86. The molecule has 3 aromatic carbocycles. The van der Waals surface area contributed by atoms with Gasteiger partial charge in [-0.2, -0.15) is 0 Å². The van der Waals surface area contributed by atoms with Crippen LogP contribution in [0.3, 0.4) is 0 Å². The van der Waals surface area contributed by atoms with Gasteiger partial charge in [-0.25, -0.2) is 13.7 Å². The van der Waals surface area contributed by atoms with Crippen molar-refractivity contribution < 1.29 is 8.78 Å². The zero-order valence-electron chi connectivity index (χ0n) is 14.6. The average Bonchev–Trinajstić information content (AvgIpc) is 2.68. The van der Waals surface area contributed by atoms with Gasteiger partial charge >= 0.3 is 0 Å². The highest BCUT2D eigenvalue weighted by Crippen LogP contribution is 2.39. The van der Waals surface area contributed by atoms with Crippen molar-refractivity contribution in [3.05, 3.63) is 95.6 Å². The molecule has 3 aromatic rings. The molecule has 0 aliphatic carbocycles. The first-order chi connectivity index (χ1) is 13.0. The van der Waals surface area contributed by atoms with Crippen LogP contribution in [-0.4, -0.2) is 11.2 Å². The average molecular weight is 366 g/mol. The van der Waals surface area contributed by atoms with E-state index in [9.17, 15) is 8.78 Å². The van der Waals surface area contributed by atoms with Crippen LogP contribution < -0.4 is 16.4 Å². The van der Waals surface area contributed by atoms with Crippen molar-refractivity contribution in [2.75, 3.05) is 4.90 Å². The second-order valence-corrected chi connectivity index (χ2v) is 6.56. The van der Waals surface area contributed by atoms with Crippen molar-refractivity contribution in [1.82, 2.24) is 4.90 Å². The van der Waals surface area contributed by atoms with Crippen LogP contribution >= 0.6 is 0 Å². The predicted molar refractivity (Wildman–Crippen MR) is 102 cm³/mol. The van der Waals surface area contributed by atoms with Gasteiger partial charge in [0.2, 0.25) is 0 Å². The van der Waals surface area contributed by atoms with Crippen LogP contribution in [0.5, 0.6) is 0 Å². The molecule has 0 bridgehead atoms. The van der Waals surface area contributed by atoms with Crippen molar-refractivity contribution in [1.29, 1.82) is 0 Å². The van der Waals surface area contributed by atoms with Crippen molar-refractivity contribution >= 4 is 11.4 Å². The molecule has 0 radical (unpaired) electrons. The highest BCUT2D eigenvalue weighted by atomic mass is 19.1. The monoisotopic (exact) mass is 366 g/mol. The summed E-state index contributed by atoms with van der Waals surface area (Å²) in [5.74, 6) is -0.596. The summed E-state index contributed by atoms with van der Waals surface area (Å²) in [6.07, 6.45) is -0.983. The van der Waals surface area contributed by atoms with Crippen LogP contribution in [0.15, 0.2) is 72.8 Å². The number of rotatable bonds is 3. The van der Waals surface area contributed by atoms with Crippen molar-refractivity contribution in [3.8, 4) is 0 Å². The Labute approximate surface area is 156 Å². The van der Waals surface area contributed by atoms with Crippen LogP contribution in [0.2, 0.25) is 0 Å². The molecule has 0 saturated heterocycles. The van der Waals surface area contributed by atoms with Gasteiger partial charge in [-0.1, -0.05) is 30.3 Å². The van der Waals surface area contributed by atoms with Crippen LogP contribution in [0.1, 0.15) is 17.3 Å². The summed E-state index contributed by atoms with van der Waals surface area (Å²) in [5, 5.41) is 0. The van der Waals surface area contributed by atoms with Crippen LogP contribution in [0.25, 0.3) is 0 Å². The van der Waals surface area contributed by atoms with Crippen LogP contribution in [0.4, 0.5) is 20.2 Å². The highest BCUT2D eigenvalue weighted by molar-refractivity contribution is 5.69. The maximum absolute atomic E-state index is 13.4.